The summed E-state index contributed by atoms with van der Waals surface area (Å²) in [6.07, 6.45) is 4.19. The van der Waals surface area contributed by atoms with Crippen LogP contribution >= 0.6 is 12.2 Å². The van der Waals surface area contributed by atoms with Gasteiger partial charge in [-0.1, -0.05) is 17.7 Å². The Morgan fingerprint density at radius 1 is 1.14 bits per heavy atom. The molecule has 2 aliphatic rings. The lowest BCUT2D eigenvalue weighted by Gasteiger charge is -2.43. The normalized spacial score (nSPS) is 18.0. The number of amides is 1. The Labute approximate surface area is 167 Å². The molecular formula is C21H17N5OS. The Hall–Kier alpha value is -3.24. The molecule has 0 N–H and O–H groups in total. The van der Waals surface area contributed by atoms with Crippen molar-refractivity contribution in [3.63, 3.8) is 0 Å². The number of hydrogen-bond donors (Lipinski definition) is 0. The number of thiocarbonyl (C=S) groups is 1. The summed E-state index contributed by atoms with van der Waals surface area (Å²) in [5.74, 6) is -0.00265. The van der Waals surface area contributed by atoms with E-state index >= 15 is 0 Å². The molecule has 0 radical (unpaired) electrons. The second kappa shape index (κ2) is 5.88. The SMILES string of the molecule is Cc1ccc(N2C(=S)N(c3ccc(C#N)n4nccc34)C(=O)C23CCC3)cc1. The molecule has 0 atom stereocenters. The smallest absolute Gasteiger partial charge is 0.259 e. The number of carbonyl (C=O) groups excluding carboxylic acids is 1. The molecule has 1 saturated carbocycles. The number of hydrogen-bond acceptors (Lipinski definition) is 4. The van der Waals surface area contributed by atoms with Crippen LogP contribution in [-0.4, -0.2) is 26.2 Å². The molecule has 1 amide bonds. The third-order valence-corrected chi connectivity index (χ3v) is 6.14. The molecular weight excluding hydrogens is 370 g/mol. The van der Waals surface area contributed by atoms with Gasteiger partial charge in [-0.15, -0.1) is 0 Å². The van der Waals surface area contributed by atoms with Crippen molar-refractivity contribution >= 4 is 40.1 Å². The van der Waals surface area contributed by atoms with Crippen molar-refractivity contribution in [1.82, 2.24) is 9.61 Å². The van der Waals surface area contributed by atoms with E-state index in [1.165, 1.54) is 0 Å². The van der Waals surface area contributed by atoms with Gasteiger partial charge in [-0.2, -0.15) is 10.4 Å². The van der Waals surface area contributed by atoms with Gasteiger partial charge in [-0.3, -0.25) is 9.69 Å². The minimum absolute atomic E-state index is 0.00265. The fourth-order valence-corrected chi connectivity index (χ4v) is 4.62. The van der Waals surface area contributed by atoms with Gasteiger partial charge in [0.1, 0.15) is 17.3 Å². The van der Waals surface area contributed by atoms with Crippen molar-refractivity contribution in [3.8, 4) is 6.07 Å². The molecule has 6 nitrogen and oxygen atoms in total. The lowest BCUT2D eigenvalue weighted by Crippen LogP contribution is -2.55. The summed E-state index contributed by atoms with van der Waals surface area (Å²) in [5, 5.41) is 14.0. The van der Waals surface area contributed by atoms with Gasteiger partial charge < -0.3 is 4.90 Å². The summed E-state index contributed by atoms with van der Waals surface area (Å²) < 4.78 is 1.55. The van der Waals surface area contributed by atoms with Crippen LogP contribution < -0.4 is 9.80 Å². The van der Waals surface area contributed by atoms with E-state index < -0.39 is 5.54 Å². The highest BCUT2D eigenvalue weighted by molar-refractivity contribution is 7.81. The Morgan fingerprint density at radius 3 is 2.54 bits per heavy atom. The molecule has 0 bridgehead atoms. The predicted molar refractivity (Wildman–Crippen MR) is 110 cm³/mol. The topological polar surface area (TPSA) is 64.6 Å². The molecule has 7 heteroatoms. The first-order valence-electron chi connectivity index (χ1n) is 9.19. The molecule has 138 valence electrons. The number of pyridine rings is 1. The summed E-state index contributed by atoms with van der Waals surface area (Å²) in [7, 11) is 0. The summed E-state index contributed by atoms with van der Waals surface area (Å²) in [6.45, 7) is 2.04. The van der Waals surface area contributed by atoms with E-state index in [0.717, 1.165) is 30.5 Å². The van der Waals surface area contributed by atoms with Crippen LogP contribution in [0.3, 0.4) is 0 Å². The van der Waals surface area contributed by atoms with Crippen molar-refractivity contribution in [2.45, 2.75) is 31.7 Å². The molecule has 28 heavy (non-hydrogen) atoms. The number of anilines is 2. The molecule has 2 fully saturated rings. The van der Waals surface area contributed by atoms with Crippen LogP contribution in [0, 0.1) is 18.3 Å². The van der Waals surface area contributed by atoms with Gasteiger partial charge in [0.2, 0.25) is 0 Å². The van der Waals surface area contributed by atoms with E-state index in [1.807, 2.05) is 36.1 Å². The van der Waals surface area contributed by atoms with Gasteiger partial charge in [0, 0.05) is 5.69 Å². The van der Waals surface area contributed by atoms with Gasteiger partial charge in [0.05, 0.1) is 17.4 Å². The Kier molecular flexibility index (Phi) is 3.55. The zero-order chi connectivity index (χ0) is 19.5. The number of aromatic nitrogens is 2. The highest BCUT2D eigenvalue weighted by atomic mass is 32.1. The summed E-state index contributed by atoms with van der Waals surface area (Å²) >= 11 is 5.82. The second-order valence-corrected chi connectivity index (χ2v) is 7.69. The standard InChI is InChI=1S/C21H17N5OS/c1-14-3-5-15(6-4-14)25-20(28)24(19(27)21(25)10-2-11-21)17-8-7-16(13-22)26-18(17)9-12-23-26/h3-9,12H,2,10-11H2,1H3. The van der Waals surface area contributed by atoms with Crippen LogP contribution in [-0.2, 0) is 4.79 Å². The Bertz CT molecular complexity index is 1170. The molecule has 1 spiro atoms. The molecule has 1 saturated heterocycles. The number of nitrogens with zero attached hydrogens (tertiary/aromatic N) is 5. The molecule has 3 aromatic rings. The fraction of sp³-hybridized carbons (Fsp3) is 0.238. The molecule has 1 aliphatic heterocycles. The molecule has 5 rings (SSSR count). The van der Waals surface area contributed by atoms with Crippen LogP contribution in [0.2, 0.25) is 0 Å². The number of aryl methyl sites for hydroxylation is 1. The summed E-state index contributed by atoms with van der Waals surface area (Å²) in [4.78, 5) is 17.2. The highest BCUT2D eigenvalue weighted by Crippen LogP contribution is 2.48. The number of nitriles is 1. The number of carbonyl (C=O) groups is 1. The molecule has 1 aliphatic carbocycles. The lowest BCUT2D eigenvalue weighted by molar-refractivity contribution is -0.123. The Balaban J connectivity index is 1.67. The van der Waals surface area contributed by atoms with Gasteiger partial charge >= 0.3 is 0 Å². The largest absolute Gasteiger partial charge is 0.303 e. The average Bonchev–Trinajstić information content (AvgIpc) is 3.23. The van der Waals surface area contributed by atoms with E-state index in [-0.39, 0.29) is 5.91 Å². The monoisotopic (exact) mass is 387 g/mol. The number of rotatable bonds is 2. The van der Waals surface area contributed by atoms with E-state index in [0.29, 0.717) is 22.0 Å². The minimum Gasteiger partial charge on any atom is -0.303 e. The first-order valence-corrected chi connectivity index (χ1v) is 9.60. The van der Waals surface area contributed by atoms with Crippen molar-refractivity contribution in [2.24, 2.45) is 0 Å². The highest BCUT2D eigenvalue weighted by Gasteiger charge is 2.59. The van der Waals surface area contributed by atoms with E-state index in [4.69, 9.17) is 12.2 Å². The van der Waals surface area contributed by atoms with Gasteiger partial charge in [0.25, 0.3) is 5.91 Å². The van der Waals surface area contributed by atoms with Crippen LogP contribution in [0.5, 0.6) is 0 Å². The first-order chi connectivity index (χ1) is 13.6. The maximum absolute atomic E-state index is 13.6. The second-order valence-electron chi connectivity index (χ2n) is 7.32. The first kappa shape index (κ1) is 16.9. The minimum atomic E-state index is -0.614. The van der Waals surface area contributed by atoms with Crippen LogP contribution in [0.4, 0.5) is 11.4 Å². The lowest BCUT2D eigenvalue weighted by atomic mass is 9.75. The van der Waals surface area contributed by atoms with Crippen LogP contribution in [0.25, 0.3) is 5.52 Å². The zero-order valence-corrected chi connectivity index (χ0v) is 16.1. The van der Waals surface area contributed by atoms with E-state index in [1.54, 1.807) is 33.8 Å². The third-order valence-electron chi connectivity index (χ3n) is 5.77. The molecule has 1 aromatic carbocycles. The maximum atomic E-state index is 13.6. The number of fused-ring (bicyclic) bond motifs is 1. The van der Waals surface area contributed by atoms with Gasteiger partial charge in [-0.25, -0.2) is 4.52 Å². The summed E-state index contributed by atoms with van der Waals surface area (Å²) in [6, 6.07) is 15.5. The third kappa shape index (κ3) is 2.09. The fourth-order valence-electron chi connectivity index (χ4n) is 4.16. The van der Waals surface area contributed by atoms with E-state index in [9.17, 15) is 10.1 Å². The zero-order valence-electron chi connectivity index (χ0n) is 15.3. The van der Waals surface area contributed by atoms with Gasteiger partial charge in [-0.05, 0) is 68.7 Å². The summed E-state index contributed by atoms with van der Waals surface area (Å²) in [5.41, 5.74) is 3.24. The number of benzene rings is 1. The van der Waals surface area contributed by atoms with E-state index in [2.05, 4.69) is 11.2 Å². The average molecular weight is 387 g/mol. The molecule has 0 unspecified atom stereocenters. The van der Waals surface area contributed by atoms with Crippen LogP contribution in [0.1, 0.15) is 30.5 Å². The maximum Gasteiger partial charge on any atom is 0.259 e. The van der Waals surface area contributed by atoms with Gasteiger partial charge in [0.15, 0.2) is 5.11 Å². The van der Waals surface area contributed by atoms with Crippen molar-refractivity contribution < 1.29 is 4.79 Å². The van der Waals surface area contributed by atoms with Crippen molar-refractivity contribution in [1.29, 1.82) is 5.26 Å². The molecule has 2 aromatic heterocycles. The Morgan fingerprint density at radius 2 is 1.89 bits per heavy atom. The van der Waals surface area contributed by atoms with Crippen LogP contribution in [0.15, 0.2) is 48.7 Å². The van der Waals surface area contributed by atoms with Crippen molar-refractivity contribution in [3.05, 3.63) is 59.9 Å². The quantitative estimate of drug-likeness (QED) is 0.629. The molecule has 3 heterocycles. The predicted octanol–water partition coefficient (Wildman–Crippen LogP) is 3.58. The van der Waals surface area contributed by atoms with Crippen molar-refractivity contribution in [2.75, 3.05) is 9.80 Å².